The van der Waals surface area contributed by atoms with Crippen LogP contribution in [0.4, 0.5) is 4.79 Å². The number of carbonyl (C=O) groups excluding carboxylic acids is 2. The largest absolute Gasteiger partial charge is 0.458 e. The van der Waals surface area contributed by atoms with Crippen molar-refractivity contribution < 1.29 is 32.3 Å². The molecule has 0 spiro atoms. The Labute approximate surface area is 226 Å². The van der Waals surface area contributed by atoms with Crippen LogP contribution in [0.15, 0.2) is 59.5 Å². The number of aryl methyl sites for hydroxylation is 1. The third-order valence-electron chi connectivity index (χ3n) is 5.02. The zero-order chi connectivity index (χ0) is 28.6. The fraction of sp³-hybridized carbons (Fsp3) is 0.500. The minimum absolute atomic E-state index is 0.0393. The molecule has 1 atom stereocenters. The molecule has 2 aromatic rings. The Morgan fingerprint density at radius 2 is 1.47 bits per heavy atom. The average molecular weight is 549 g/mol. The number of rotatable bonds is 11. The molecule has 9 nitrogen and oxygen atoms in total. The summed E-state index contributed by atoms with van der Waals surface area (Å²) in [6.45, 7) is 12.2. The van der Waals surface area contributed by atoms with E-state index < -0.39 is 39.3 Å². The van der Waals surface area contributed by atoms with Gasteiger partial charge in [-0.3, -0.25) is 4.84 Å². The number of amides is 1. The monoisotopic (exact) mass is 548 g/mol. The maximum atomic E-state index is 13.4. The van der Waals surface area contributed by atoms with E-state index in [-0.39, 0.29) is 30.9 Å². The summed E-state index contributed by atoms with van der Waals surface area (Å²) >= 11 is 0. The number of hydroxylamine groups is 1. The fourth-order valence-corrected chi connectivity index (χ4v) is 4.57. The van der Waals surface area contributed by atoms with Gasteiger partial charge in [0.15, 0.2) is 0 Å². The molecule has 0 aromatic heterocycles. The molecule has 0 unspecified atom stereocenters. The molecule has 0 aliphatic heterocycles. The number of ether oxygens (including phenoxy) is 2. The van der Waals surface area contributed by atoms with Crippen LogP contribution in [-0.2, 0) is 35.7 Å². The molecular weight excluding hydrogens is 508 g/mol. The Morgan fingerprint density at radius 1 is 0.895 bits per heavy atom. The smallest absolute Gasteiger partial charge is 0.408 e. The van der Waals surface area contributed by atoms with Crippen LogP contribution in [0, 0.1) is 6.92 Å². The molecule has 0 aliphatic carbocycles. The van der Waals surface area contributed by atoms with Crippen molar-refractivity contribution in [2.24, 2.45) is 0 Å². The van der Waals surface area contributed by atoms with Crippen LogP contribution in [-0.4, -0.2) is 48.7 Å². The molecular formula is C28H40N2O7S. The Balaban J connectivity index is 2.20. The van der Waals surface area contributed by atoms with Crippen LogP contribution >= 0.6 is 0 Å². The number of hydrogen-bond acceptors (Lipinski definition) is 7. The molecule has 0 heterocycles. The SMILES string of the molecule is Cc1ccc(S(=O)(=O)N(CCC[C@H](NC(=O)OC(C)(C)C)C(=O)OC(C)(C)C)OCc2ccccc2)cc1. The summed E-state index contributed by atoms with van der Waals surface area (Å²) in [5.74, 6) is -0.637. The molecule has 10 heteroatoms. The van der Waals surface area contributed by atoms with E-state index in [2.05, 4.69) is 5.32 Å². The lowest BCUT2D eigenvalue weighted by molar-refractivity contribution is -0.157. The summed E-state index contributed by atoms with van der Waals surface area (Å²) in [5.41, 5.74) is 0.195. The van der Waals surface area contributed by atoms with E-state index in [1.54, 1.807) is 53.7 Å². The van der Waals surface area contributed by atoms with Crippen LogP contribution in [0.2, 0.25) is 0 Å². The second-order valence-corrected chi connectivity index (χ2v) is 12.8. The summed E-state index contributed by atoms with van der Waals surface area (Å²) in [6.07, 6.45) is -0.472. The highest BCUT2D eigenvalue weighted by atomic mass is 32.2. The van der Waals surface area contributed by atoms with Gasteiger partial charge in [-0.25, -0.2) is 18.0 Å². The van der Waals surface area contributed by atoms with E-state index in [0.717, 1.165) is 15.6 Å². The molecule has 0 fully saturated rings. The van der Waals surface area contributed by atoms with Gasteiger partial charge in [-0.2, -0.15) is 0 Å². The zero-order valence-corrected chi connectivity index (χ0v) is 24.1. The van der Waals surface area contributed by atoms with Crippen molar-refractivity contribution in [1.82, 2.24) is 9.79 Å². The van der Waals surface area contributed by atoms with Crippen molar-refractivity contribution in [3.63, 3.8) is 0 Å². The molecule has 1 N–H and O–H groups in total. The lowest BCUT2D eigenvalue weighted by Crippen LogP contribution is -2.46. The summed E-state index contributed by atoms with van der Waals surface area (Å²) in [4.78, 5) is 31.1. The third-order valence-corrected chi connectivity index (χ3v) is 6.71. The van der Waals surface area contributed by atoms with Gasteiger partial charge < -0.3 is 14.8 Å². The summed E-state index contributed by atoms with van der Waals surface area (Å²) in [5, 5.41) is 2.56. The highest BCUT2D eigenvalue weighted by Crippen LogP contribution is 2.20. The Bertz CT molecular complexity index is 1150. The molecule has 0 bridgehead atoms. The van der Waals surface area contributed by atoms with Crippen LogP contribution in [0.1, 0.15) is 65.5 Å². The highest BCUT2D eigenvalue weighted by Gasteiger charge is 2.30. The minimum Gasteiger partial charge on any atom is -0.458 e. The van der Waals surface area contributed by atoms with Gasteiger partial charge in [-0.15, -0.1) is 0 Å². The molecule has 210 valence electrons. The topological polar surface area (TPSA) is 111 Å². The molecule has 0 saturated heterocycles. The first-order valence-corrected chi connectivity index (χ1v) is 14.0. The van der Waals surface area contributed by atoms with Crippen molar-refractivity contribution in [2.75, 3.05) is 6.54 Å². The van der Waals surface area contributed by atoms with Crippen molar-refractivity contribution in [2.45, 2.75) is 90.1 Å². The predicted molar refractivity (Wildman–Crippen MR) is 145 cm³/mol. The Hall–Kier alpha value is -2.95. The number of hydrogen-bond donors (Lipinski definition) is 1. The predicted octanol–water partition coefficient (Wildman–Crippen LogP) is 5.13. The van der Waals surface area contributed by atoms with Crippen LogP contribution in [0.25, 0.3) is 0 Å². The summed E-state index contributed by atoms with van der Waals surface area (Å²) in [6, 6.07) is 14.6. The van der Waals surface area contributed by atoms with Gasteiger partial charge in [-0.1, -0.05) is 52.5 Å². The van der Waals surface area contributed by atoms with Gasteiger partial charge in [0.05, 0.1) is 11.5 Å². The van der Waals surface area contributed by atoms with E-state index >= 15 is 0 Å². The fourth-order valence-electron chi connectivity index (χ4n) is 3.30. The molecule has 0 aliphatic rings. The Kier molecular flexibility index (Phi) is 10.9. The lowest BCUT2D eigenvalue weighted by atomic mass is 10.1. The van der Waals surface area contributed by atoms with Gasteiger partial charge in [0.1, 0.15) is 17.2 Å². The van der Waals surface area contributed by atoms with Gasteiger partial charge >= 0.3 is 12.1 Å². The number of nitrogens with zero attached hydrogens (tertiary/aromatic N) is 1. The van der Waals surface area contributed by atoms with E-state index in [1.807, 2.05) is 37.3 Å². The van der Waals surface area contributed by atoms with Crippen molar-refractivity contribution in [1.29, 1.82) is 0 Å². The first-order valence-electron chi connectivity index (χ1n) is 12.6. The molecule has 38 heavy (non-hydrogen) atoms. The number of nitrogens with one attached hydrogen (secondary N) is 1. The normalized spacial score (nSPS) is 13.2. The van der Waals surface area contributed by atoms with Gasteiger partial charge in [0.25, 0.3) is 10.0 Å². The zero-order valence-electron chi connectivity index (χ0n) is 23.3. The summed E-state index contributed by atoms with van der Waals surface area (Å²) in [7, 11) is -4.00. The van der Waals surface area contributed by atoms with Gasteiger partial charge in [-0.05, 0) is 79.0 Å². The maximum absolute atomic E-state index is 13.4. The number of sulfonamides is 1. The average Bonchev–Trinajstić information content (AvgIpc) is 2.79. The first-order chi connectivity index (χ1) is 17.6. The highest BCUT2D eigenvalue weighted by molar-refractivity contribution is 7.89. The van der Waals surface area contributed by atoms with E-state index in [0.29, 0.717) is 0 Å². The number of esters is 1. The van der Waals surface area contributed by atoms with E-state index in [4.69, 9.17) is 14.3 Å². The molecule has 0 saturated carbocycles. The van der Waals surface area contributed by atoms with Crippen LogP contribution < -0.4 is 5.32 Å². The molecule has 1 amide bonds. The van der Waals surface area contributed by atoms with E-state index in [9.17, 15) is 18.0 Å². The second-order valence-electron chi connectivity index (χ2n) is 11.0. The maximum Gasteiger partial charge on any atom is 0.408 e. The van der Waals surface area contributed by atoms with Crippen LogP contribution in [0.3, 0.4) is 0 Å². The summed E-state index contributed by atoms with van der Waals surface area (Å²) < 4.78 is 38.5. The third kappa shape index (κ3) is 10.8. The first kappa shape index (κ1) is 31.3. The Morgan fingerprint density at radius 3 is 2.03 bits per heavy atom. The van der Waals surface area contributed by atoms with Crippen LogP contribution in [0.5, 0.6) is 0 Å². The second kappa shape index (κ2) is 13.2. The molecule has 2 aromatic carbocycles. The van der Waals surface area contributed by atoms with Crippen molar-refractivity contribution >= 4 is 22.1 Å². The number of benzene rings is 2. The molecule has 2 rings (SSSR count). The van der Waals surface area contributed by atoms with E-state index in [1.165, 1.54) is 12.1 Å². The van der Waals surface area contributed by atoms with Crippen molar-refractivity contribution in [3.05, 3.63) is 65.7 Å². The number of carbonyl (C=O) groups is 2. The van der Waals surface area contributed by atoms with Crippen molar-refractivity contribution in [3.8, 4) is 0 Å². The molecule has 0 radical (unpaired) electrons. The standard InChI is InChI=1S/C28H40N2O7S/c1-21-15-17-23(18-16-21)38(33,34)30(35-20-22-12-9-8-10-13-22)19-11-14-24(25(31)36-27(2,3)4)29-26(32)37-28(5,6)7/h8-10,12-13,15-18,24H,11,14,19-20H2,1-7H3,(H,29,32)/t24-/m0/s1. The lowest BCUT2D eigenvalue weighted by Gasteiger charge is -2.27. The van der Waals surface area contributed by atoms with Gasteiger partial charge in [0, 0.05) is 6.54 Å². The minimum atomic E-state index is -4.00. The quantitative estimate of drug-likeness (QED) is 0.306. The van der Waals surface area contributed by atoms with Gasteiger partial charge in [0.2, 0.25) is 0 Å². The number of alkyl carbamates (subject to hydrolysis) is 1.